The predicted molar refractivity (Wildman–Crippen MR) is 127 cm³/mol. The topological polar surface area (TPSA) is 125 Å². The first-order valence-corrected chi connectivity index (χ1v) is 12.8. The lowest BCUT2D eigenvalue weighted by atomic mass is 10.0. The summed E-state index contributed by atoms with van der Waals surface area (Å²) in [5, 5.41) is 2.91. The van der Waals surface area contributed by atoms with Crippen LogP contribution in [0.3, 0.4) is 0 Å². The second-order valence-electron chi connectivity index (χ2n) is 8.70. The van der Waals surface area contributed by atoms with Gasteiger partial charge in [-0.15, -0.1) is 0 Å². The number of carbonyl (C=O) groups is 1. The lowest BCUT2D eigenvalue weighted by Gasteiger charge is -2.35. The van der Waals surface area contributed by atoms with E-state index in [2.05, 4.69) is 15.3 Å². The average molecular weight is 548 g/mol. The fourth-order valence-electron chi connectivity index (χ4n) is 4.25. The molecule has 0 spiro atoms. The summed E-state index contributed by atoms with van der Waals surface area (Å²) in [4.78, 5) is 21.5. The van der Waals surface area contributed by atoms with Gasteiger partial charge in [-0.2, -0.15) is 30.2 Å². The molecule has 0 radical (unpaired) electrons. The highest BCUT2D eigenvalue weighted by molar-refractivity contribution is 7.86. The molecule has 1 aromatic heterocycles. The van der Waals surface area contributed by atoms with Gasteiger partial charge in [-0.25, -0.2) is 9.97 Å². The zero-order valence-corrected chi connectivity index (χ0v) is 21.1. The van der Waals surface area contributed by atoms with E-state index in [0.29, 0.717) is 24.3 Å². The maximum absolute atomic E-state index is 13.3. The van der Waals surface area contributed by atoms with E-state index in [1.165, 1.54) is 21.6 Å². The number of nitrogens with two attached hydrogens (primary N) is 1. The van der Waals surface area contributed by atoms with Crippen LogP contribution in [-0.4, -0.2) is 64.0 Å². The third kappa shape index (κ3) is 5.36. The summed E-state index contributed by atoms with van der Waals surface area (Å²) >= 11 is 6.08. The minimum atomic E-state index is -4.56. The molecule has 15 heteroatoms. The average Bonchev–Trinajstić information content (AvgIpc) is 3.23. The summed E-state index contributed by atoms with van der Waals surface area (Å²) in [7, 11) is -3.87. The van der Waals surface area contributed by atoms with Crippen LogP contribution >= 0.6 is 11.6 Å². The predicted octanol–water partition coefficient (Wildman–Crippen LogP) is 2.63. The zero-order valence-electron chi connectivity index (χ0n) is 19.5. The van der Waals surface area contributed by atoms with E-state index in [1.807, 2.05) is 0 Å². The van der Waals surface area contributed by atoms with Gasteiger partial charge < -0.3 is 16.0 Å². The summed E-state index contributed by atoms with van der Waals surface area (Å²) in [6, 6.07) is 2.62. The molecule has 1 fully saturated rings. The molecular weight excluding hydrogens is 523 g/mol. The van der Waals surface area contributed by atoms with Crippen molar-refractivity contribution in [1.82, 2.24) is 23.5 Å². The molecule has 2 aromatic rings. The molecule has 0 saturated carbocycles. The van der Waals surface area contributed by atoms with Gasteiger partial charge >= 0.3 is 6.18 Å². The van der Waals surface area contributed by atoms with Crippen molar-refractivity contribution in [3.05, 3.63) is 45.9 Å². The van der Waals surface area contributed by atoms with Crippen molar-refractivity contribution in [1.29, 1.82) is 0 Å². The normalized spacial score (nSPS) is 18.2. The summed E-state index contributed by atoms with van der Waals surface area (Å²) in [6.07, 6.45) is -4.56. The third-order valence-corrected chi connectivity index (χ3v) is 8.32. The Morgan fingerprint density at radius 1 is 1.11 bits per heavy atom. The van der Waals surface area contributed by atoms with E-state index in [-0.39, 0.29) is 54.4 Å². The van der Waals surface area contributed by atoms with Crippen molar-refractivity contribution < 1.29 is 26.4 Å². The molecule has 1 amide bonds. The number of carbonyl (C=O) groups excluding carboxylic acids is 1. The third-order valence-electron chi connectivity index (χ3n) is 6.22. The highest BCUT2D eigenvalue weighted by Crippen LogP contribution is 2.35. The van der Waals surface area contributed by atoms with Gasteiger partial charge in [0.25, 0.3) is 10.2 Å². The number of amides is 1. The fraction of sp³-hybridized carbons (Fsp3) is 0.476. The lowest BCUT2D eigenvalue weighted by molar-refractivity contribution is -0.137. The first kappa shape index (κ1) is 26.4. The van der Waals surface area contributed by atoms with Gasteiger partial charge in [-0.1, -0.05) is 0 Å². The van der Waals surface area contributed by atoms with Gasteiger partial charge in [0.1, 0.15) is 5.82 Å². The van der Waals surface area contributed by atoms with E-state index in [4.69, 9.17) is 17.3 Å². The number of hydrogen-bond acceptors (Lipinski definition) is 7. The molecule has 2 aliphatic heterocycles. The minimum absolute atomic E-state index is 0.0353. The number of alkyl halides is 3. The largest absolute Gasteiger partial charge is 0.416 e. The molecule has 4 rings (SSSR count). The maximum atomic E-state index is 13.3. The van der Waals surface area contributed by atoms with Crippen LogP contribution in [0.2, 0.25) is 5.28 Å². The lowest BCUT2D eigenvalue weighted by Crippen LogP contribution is -2.53. The van der Waals surface area contributed by atoms with Gasteiger partial charge in [0.2, 0.25) is 11.2 Å². The minimum Gasteiger partial charge on any atom is -0.399 e. The number of nitrogens with zero attached hydrogens (tertiary/aromatic N) is 5. The van der Waals surface area contributed by atoms with Crippen molar-refractivity contribution >= 4 is 39.2 Å². The molecule has 3 heterocycles. The highest BCUT2D eigenvalue weighted by Gasteiger charge is 2.38. The van der Waals surface area contributed by atoms with Crippen LogP contribution in [0.15, 0.2) is 18.2 Å². The zero-order chi connectivity index (χ0) is 26.4. The van der Waals surface area contributed by atoms with Crippen LogP contribution in [0.4, 0.5) is 24.7 Å². The molecule has 196 valence electrons. The van der Waals surface area contributed by atoms with Gasteiger partial charge in [0, 0.05) is 50.9 Å². The second kappa shape index (κ2) is 9.65. The number of nitrogen functional groups attached to an aromatic ring is 1. The van der Waals surface area contributed by atoms with Crippen molar-refractivity contribution in [3.63, 3.8) is 0 Å². The molecule has 0 unspecified atom stereocenters. The first-order valence-electron chi connectivity index (χ1n) is 11.1. The second-order valence-corrected chi connectivity index (χ2v) is 11.0. The number of hydrogen-bond donors (Lipinski definition) is 2. The smallest absolute Gasteiger partial charge is 0.399 e. The molecule has 10 nitrogen and oxygen atoms in total. The van der Waals surface area contributed by atoms with Crippen LogP contribution < -0.4 is 11.1 Å². The molecule has 36 heavy (non-hydrogen) atoms. The summed E-state index contributed by atoms with van der Waals surface area (Å²) in [5.74, 6) is 0.116. The Bertz CT molecular complexity index is 1280. The molecular formula is C21H25ClF3N7O3S. The molecule has 0 bridgehead atoms. The Hall–Kier alpha value is -2.68. The van der Waals surface area contributed by atoms with Crippen LogP contribution in [0.25, 0.3) is 0 Å². The molecule has 0 aliphatic carbocycles. The van der Waals surface area contributed by atoms with Crippen molar-refractivity contribution in [2.75, 3.05) is 37.2 Å². The Morgan fingerprint density at radius 2 is 1.78 bits per heavy atom. The Morgan fingerprint density at radius 3 is 2.39 bits per heavy atom. The van der Waals surface area contributed by atoms with Gasteiger partial charge in [-0.05, 0) is 42.3 Å². The number of rotatable bonds is 5. The summed E-state index contributed by atoms with van der Waals surface area (Å²) < 4.78 is 68.8. The number of fused-ring (bicyclic) bond motifs is 1. The van der Waals surface area contributed by atoms with Gasteiger partial charge in [-0.3, -0.25) is 4.79 Å². The van der Waals surface area contributed by atoms with Crippen LogP contribution in [-0.2, 0) is 34.3 Å². The molecule has 1 atom stereocenters. The van der Waals surface area contributed by atoms with E-state index in [1.54, 1.807) is 11.8 Å². The number of nitrogens with one attached hydrogen (secondary N) is 1. The van der Waals surface area contributed by atoms with E-state index < -0.39 is 28.0 Å². The van der Waals surface area contributed by atoms with Crippen molar-refractivity contribution in [2.45, 2.75) is 39.2 Å². The van der Waals surface area contributed by atoms with Crippen LogP contribution in [0.1, 0.15) is 42.3 Å². The Kier molecular flexibility index (Phi) is 7.07. The summed E-state index contributed by atoms with van der Waals surface area (Å²) in [5.41, 5.74) is 5.93. The van der Waals surface area contributed by atoms with Gasteiger partial charge in [0.15, 0.2) is 0 Å². The Labute approximate surface area is 211 Å². The first-order chi connectivity index (χ1) is 16.8. The number of aromatic nitrogens is 2. The standard InChI is InChI=1S/C21H25ClF3N7O3S/c1-12(14-7-15(21(23,24)25)9-16(26)8-14)27-19-17-10-32(11-18(17)28-20(22)29-19)36(34,35)31-5-3-30(4-6-31)13(2)33/h7-9,12H,3-6,10-11,26H2,1-2H3,(H,27,28,29)/t12-/m1/s1. The molecule has 1 aromatic carbocycles. The molecule has 2 aliphatic rings. The number of benzene rings is 1. The van der Waals surface area contributed by atoms with Crippen molar-refractivity contribution in [3.8, 4) is 0 Å². The number of anilines is 2. The number of piperazine rings is 1. The number of halogens is 4. The van der Waals surface area contributed by atoms with E-state index in [9.17, 15) is 26.4 Å². The van der Waals surface area contributed by atoms with Crippen LogP contribution in [0.5, 0.6) is 0 Å². The monoisotopic (exact) mass is 547 g/mol. The highest BCUT2D eigenvalue weighted by atomic mass is 35.5. The molecule has 1 saturated heterocycles. The van der Waals surface area contributed by atoms with E-state index >= 15 is 0 Å². The van der Waals surface area contributed by atoms with Gasteiger partial charge in [0.05, 0.1) is 23.8 Å². The van der Waals surface area contributed by atoms with Crippen molar-refractivity contribution in [2.24, 2.45) is 0 Å². The molecule has 3 N–H and O–H groups in total. The SMILES string of the molecule is CC(=O)N1CCN(S(=O)(=O)N2Cc3nc(Cl)nc(N[C@H](C)c4cc(N)cc(C(F)(F)F)c4)c3C2)CC1. The summed E-state index contributed by atoms with van der Waals surface area (Å²) in [6.45, 7) is 3.92. The Balaban J connectivity index is 1.55. The van der Waals surface area contributed by atoms with Crippen LogP contribution in [0, 0.1) is 0 Å². The maximum Gasteiger partial charge on any atom is 0.416 e. The fourth-order valence-corrected chi connectivity index (χ4v) is 5.97. The van der Waals surface area contributed by atoms with E-state index in [0.717, 1.165) is 12.1 Å². The quantitative estimate of drug-likeness (QED) is 0.435.